The average Bonchev–Trinajstić information content (AvgIpc) is 2.82. The van der Waals surface area contributed by atoms with Gasteiger partial charge in [0.05, 0.1) is 11.2 Å². The normalized spacial score (nSPS) is 11.2. The van der Waals surface area contributed by atoms with Crippen LogP contribution in [0.25, 0.3) is 16.9 Å². The lowest BCUT2D eigenvalue weighted by molar-refractivity contribution is 0.509. The molecule has 102 valence electrons. The Bertz CT molecular complexity index is 765. The molecule has 1 N–H and O–H groups in total. The molecule has 0 atom stereocenters. The minimum absolute atomic E-state index is 0.549. The maximum absolute atomic E-state index is 13.4. The van der Waals surface area contributed by atoms with E-state index in [1.165, 1.54) is 12.1 Å². The van der Waals surface area contributed by atoms with E-state index in [9.17, 15) is 8.78 Å². The lowest BCUT2D eigenvalue weighted by Crippen LogP contribution is -2.05. The summed E-state index contributed by atoms with van der Waals surface area (Å²) in [6, 6.07) is 9.56. The van der Waals surface area contributed by atoms with Crippen LogP contribution in [0.5, 0.6) is 0 Å². The van der Waals surface area contributed by atoms with Gasteiger partial charge in [-0.3, -0.25) is 4.40 Å². The Morgan fingerprint density at radius 1 is 1.15 bits per heavy atom. The number of pyridine rings is 1. The van der Waals surface area contributed by atoms with Crippen molar-refractivity contribution in [3.63, 3.8) is 0 Å². The average molecular weight is 273 g/mol. The molecule has 0 spiro atoms. The highest BCUT2D eigenvalue weighted by Crippen LogP contribution is 2.24. The molecule has 2 heterocycles. The number of nitrogens with one attached hydrogen (secondary N) is 1. The van der Waals surface area contributed by atoms with Crippen LogP contribution >= 0.6 is 0 Å². The summed E-state index contributed by atoms with van der Waals surface area (Å²) in [5.41, 5.74) is 2.36. The van der Waals surface area contributed by atoms with E-state index in [-0.39, 0.29) is 0 Å². The molecule has 20 heavy (non-hydrogen) atoms. The summed E-state index contributed by atoms with van der Waals surface area (Å²) in [5.74, 6) is -1.12. The molecule has 0 aliphatic rings. The summed E-state index contributed by atoms with van der Waals surface area (Å²) < 4.78 is 28.3. The molecule has 0 aliphatic heterocycles. The molecule has 3 nitrogen and oxygen atoms in total. The Morgan fingerprint density at radius 2 is 2.00 bits per heavy atom. The molecule has 2 aromatic heterocycles. The summed E-state index contributed by atoms with van der Waals surface area (Å²) in [7, 11) is 1.84. The maximum Gasteiger partial charge on any atom is 0.159 e. The lowest BCUT2D eigenvalue weighted by atomic mass is 10.2. The van der Waals surface area contributed by atoms with Crippen LogP contribution < -0.4 is 5.32 Å². The van der Waals surface area contributed by atoms with Crippen molar-refractivity contribution >= 4 is 5.52 Å². The number of aromatic nitrogens is 2. The molecule has 5 heteroatoms. The predicted octanol–water partition coefficient (Wildman–Crippen LogP) is 3.00. The van der Waals surface area contributed by atoms with Crippen molar-refractivity contribution in [1.29, 1.82) is 0 Å². The Kier molecular flexibility index (Phi) is 3.20. The van der Waals surface area contributed by atoms with Gasteiger partial charge >= 0.3 is 0 Å². The molecule has 0 radical (unpaired) electrons. The highest BCUT2D eigenvalue weighted by molar-refractivity contribution is 5.65. The van der Waals surface area contributed by atoms with E-state index in [2.05, 4.69) is 10.3 Å². The summed E-state index contributed by atoms with van der Waals surface area (Å²) in [6.45, 7) is 0.608. The summed E-state index contributed by atoms with van der Waals surface area (Å²) in [6.07, 6.45) is 1.86. The molecule has 0 fully saturated rings. The second-order valence-corrected chi connectivity index (χ2v) is 4.50. The van der Waals surface area contributed by atoms with Gasteiger partial charge in [0.15, 0.2) is 11.6 Å². The van der Waals surface area contributed by atoms with Gasteiger partial charge in [-0.05, 0) is 37.4 Å². The van der Waals surface area contributed by atoms with Gasteiger partial charge < -0.3 is 5.32 Å². The summed E-state index contributed by atoms with van der Waals surface area (Å²) >= 11 is 0. The van der Waals surface area contributed by atoms with Crippen molar-refractivity contribution < 1.29 is 8.78 Å². The van der Waals surface area contributed by atoms with Gasteiger partial charge in [0.1, 0.15) is 5.82 Å². The molecule has 0 saturated heterocycles. The third-order valence-corrected chi connectivity index (χ3v) is 3.15. The van der Waals surface area contributed by atoms with E-state index >= 15 is 0 Å². The standard InChI is InChI=1S/C15H13F2N3/c1-18-9-13-14-4-2-3-7-20(14)15(19-13)10-5-6-11(16)12(17)8-10/h2-8,18H,9H2,1H3. The number of halogens is 2. The van der Waals surface area contributed by atoms with E-state index in [0.29, 0.717) is 17.9 Å². The van der Waals surface area contributed by atoms with Crippen LogP contribution in [0.1, 0.15) is 5.69 Å². The zero-order valence-electron chi connectivity index (χ0n) is 10.9. The maximum atomic E-state index is 13.4. The fourth-order valence-corrected chi connectivity index (χ4v) is 2.24. The monoisotopic (exact) mass is 273 g/mol. The topological polar surface area (TPSA) is 29.3 Å². The van der Waals surface area contributed by atoms with E-state index in [4.69, 9.17) is 0 Å². The van der Waals surface area contributed by atoms with Gasteiger partial charge in [0, 0.05) is 18.3 Å². The van der Waals surface area contributed by atoms with Gasteiger partial charge in [-0.1, -0.05) is 6.07 Å². The molecule has 3 rings (SSSR count). The van der Waals surface area contributed by atoms with Crippen LogP contribution in [-0.4, -0.2) is 16.4 Å². The van der Waals surface area contributed by atoms with E-state index in [0.717, 1.165) is 17.3 Å². The van der Waals surface area contributed by atoms with E-state index < -0.39 is 11.6 Å². The number of rotatable bonds is 3. The van der Waals surface area contributed by atoms with Gasteiger partial charge in [0.25, 0.3) is 0 Å². The highest BCUT2D eigenvalue weighted by Gasteiger charge is 2.13. The minimum atomic E-state index is -0.870. The number of nitrogens with zero attached hydrogens (tertiary/aromatic N) is 2. The van der Waals surface area contributed by atoms with Crippen molar-refractivity contribution in [3.8, 4) is 11.4 Å². The first kappa shape index (κ1) is 12.7. The Hall–Kier alpha value is -2.27. The third kappa shape index (κ3) is 2.06. The molecule has 1 aromatic carbocycles. The van der Waals surface area contributed by atoms with Crippen LogP contribution in [0.4, 0.5) is 8.78 Å². The lowest BCUT2D eigenvalue weighted by Gasteiger charge is -2.01. The highest BCUT2D eigenvalue weighted by atomic mass is 19.2. The zero-order valence-corrected chi connectivity index (χ0v) is 10.9. The number of hydrogen-bond donors (Lipinski definition) is 1. The van der Waals surface area contributed by atoms with Crippen LogP contribution in [0.15, 0.2) is 42.6 Å². The Balaban J connectivity index is 2.22. The number of imidazole rings is 1. The van der Waals surface area contributed by atoms with Crippen LogP contribution in [0.2, 0.25) is 0 Å². The first-order valence-corrected chi connectivity index (χ1v) is 6.26. The summed E-state index contributed by atoms with van der Waals surface area (Å²) in [4.78, 5) is 4.53. The smallest absolute Gasteiger partial charge is 0.159 e. The van der Waals surface area contributed by atoms with E-state index in [1.54, 1.807) is 0 Å². The molecule has 0 amide bonds. The van der Waals surface area contributed by atoms with Crippen molar-refractivity contribution in [2.75, 3.05) is 7.05 Å². The number of fused-ring (bicyclic) bond motifs is 1. The first-order valence-electron chi connectivity index (χ1n) is 6.26. The SMILES string of the molecule is CNCc1nc(-c2ccc(F)c(F)c2)n2ccccc12. The van der Waals surface area contributed by atoms with E-state index in [1.807, 2.05) is 35.8 Å². The number of benzene rings is 1. The van der Waals surface area contributed by atoms with Gasteiger partial charge in [-0.25, -0.2) is 13.8 Å². The molecule has 0 unspecified atom stereocenters. The third-order valence-electron chi connectivity index (χ3n) is 3.15. The molecule has 0 aliphatic carbocycles. The van der Waals surface area contributed by atoms with Crippen molar-refractivity contribution in [3.05, 3.63) is 59.9 Å². The molecular weight excluding hydrogens is 260 g/mol. The fourth-order valence-electron chi connectivity index (χ4n) is 2.24. The fraction of sp³-hybridized carbons (Fsp3) is 0.133. The van der Waals surface area contributed by atoms with Crippen LogP contribution in [-0.2, 0) is 6.54 Å². The van der Waals surface area contributed by atoms with Crippen molar-refractivity contribution in [1.82, 2.24) is 14.7 Å². The zero-order chi connectivity index (χ0) is 14.1. The van der Waals surface area contributed by atoms with Crippen LogP contribution in [0.3, 0.4) is 0 Å². The van der Waals surface area contributed by atoms with Gasteiger partial charge in [-0.2, -0.15) is 0 Å². The molecule has 0 bridgehead atoms. The predicted molar refractivity (Wildman–Crippen MR) is 73.3 cm³/mol. The molecular formula is C15H13F2N3. The van der Waals surface area contributed by atoms with Crippen molar-refractivity contribution in [2.24, 2.45) is 0 Å². The van der Waals surface area contributed by atoms with Gasteiger partial charge in [0.2, 0.25) is 0 Å². The molecule has 3 aromatic rings. The quantitative estimate of drug-likeness (QED) is 0.795. The summed E-state index contributed by atoms with van der Waals surface area (Å²) in [5, 5.41) is 3.05. The van der Waals surface area contributed by atoms with Gasteiger partial charge in [-0.15, -0.1) is 0 Å². The largest absolute Gasteiger partial charge is 0.314 e. The first-order chi connectivity index (χ1) is 9.70. The van der Waals surface area contributed by atoms with Crippen molar-refractivity contribution in [2.45, 2.75) is 6.54 Å². The molecule has 0 saturated carbocycles. The minimum Gasteiger partial charge on any atom is -0.314 e. The number of hydrogen-bond acceptors (Lipinski definition) is 2. The van der Waals surface area contributed by atoms with Crippen LogP contribution in [0, 0.1) is 11.6 Å². The Labute approximate surface area is 114 Å². The Morgan fingerprint density at radius 3 is 2.75 bits per heavy atom. The second-order valence-electron chi connectivity index (χ2n) is 4.50. The second kappa shape index (κ2) is 5.02.